The molecule has 0 aliphatic carbocycles. The molecule has 1 aromatic carbocycles. The summed E-state index contributed by atoms with van der Waals surface area (Å²) < 4.78 is 13.3. The van der Waals surface area contributed by atoms with E-state index >= 15 is 0 Å². The quantitative estimate of drug-likeness (QED) is 0.831. The van der Waals surface area contributed by atoms with E-state index in [1.807, 2.05) is 5.38 Å². The SMILES string of the molecule is C[C@@H]1C(=O)N(c2ccc(F)c(Cl)c2)CCN1C(=O)c1cccs1. The summed E-state index contributed by atoms with van der Waals surface area (Å²) in [6.45, 7) is 2.46. The molecule has 2 heterocycles. The van der Waals surface area contributed by atoms with Crippen LogP contribution in [-0.2, 0) is 4.79 Å². The standard InChI is InChI=1S/C16H14ClFN2O2S/c1-10-15(21)20(11-4-5-13(18)12(17)9-11)7-6-19(10)16(22)14-3-2-8-23-14/h2-5,8-10H,6-7H2,1H3/t10-/m1/s1. The van der Waals surface area contributed by atoms with E-state index in [0.717, 1.165) is 0 Å². The molecule has 0 unspecified atom stereocenters. The Morgan fingerprint density at radius 2 is 2.13 bits per heavy atom. The summed E-state index contributed by atoms with van der Waals surface area (Å²) in [5, 5.41) is 1.80. The zero-order chi connectivity index (χ0) is 16.6. The highest BCUT2D eigenvalue weighted by molar-refractivity contribution is 7.12. The molecule has 1 aromatic heterocycles. The third-order valence-corrected chi connectivity index (χ3v) is 5.01. The zero-order valence-electron chi connectivity index (χ0n) is 12.3. The van der Waals surface area contributed by atoms with Gasteiger partial charge in [-0.2, -0.15) is 0 Å². The molecule has 1 saturated heterocycles. The fraction of sp³-hybridized carbons (Fsp3) is 0.250. The third-order valence-electron chi connectivity index (χ3n) is 3.86. The first-order valence-corrected chi connectivity index (χ1v) is 8.35. The lowest BCUT2D eigenvalue weighted by Crippen LogP contribution is -2.57. The highest BCUT2D eigenvalue weighted by Gasteiger charge is 2.35. The van der Waals surface area contributed by atoms with Crippen molar-refractivity contribution in [3.8, 4) is 0 Å². The van der Waals surface area contributed by atoms with Crippen LogP contribution in [0.15, 0.2) is 35.7 Å². The van der Waals surface area contributed by atoms with E-state index in [4.69, 9.17) is 11.6 Å². The van der Waals surface area contributed by atoms with Gasteiger partial charge in [-0.15, -0.1) is 11.3 Å². The van der Waals surface area contributed by atoms with E-state index in [-0.39, 0.29) is 16.8 Å². The van der Waals surface area contributed by atoms with Gasteiger partial charge >= 0.3 is 0 Å². The summed E-state index contributed by atoms with van der Waals surface area (Å²) >= 11 is 7.14. The minimum absolute atomic E-state index is 0.0277. The zero-order valence-corrected chi connectivity index (χ0v) is 13.9. The van der Waals surface area contributed by atoms with Crippen molar-refractivity contribution >= 4 is 40.4 Å². The summed E-state index contributed by atoms with van der Waals surface area (Å²) in [6, 6.07) is 7.15. The van der Waals surface area contributed by atoms with Crippen molar-refractivity contribution in [3.63, 3.8) is 0 Å². The number of benzene rings is 1. The molecule has 7 heteroatoms. The smallest absolute Gasteiger partial charge is 0.264 e. The minimum Gasteiger partial charge on any atom is -0.324 e. The Bertz CT molecular complexity index is 751. The lowest BCUT2D eigenvalue weighted by atomic mass is 10.1. The fourth-order valence-electron chi connectivity index (χ4n) is 2.60. The molecule has 1 fully saturated rings. The molecule has 0 saturated carbocycles. The normalized spacial score (nSPS) is 18.4. The molecular formula is C16H14ClFN2O2S. The Balaban J connectivity index is 1.81. The molecule has 0 N–H and O–H groups in total. The molecule has 3 rings (SSSR count). The van der Waals surface area contributed by atoms with E-state index in [9.17, 15) is 14.0 Å². The molecular weight excluding hydrogens is 339 g/mol. The summed E-state index contributed by atoms with van der Waals surface area (Å²) in [4.78, 5) is 28.8. The van der Waals surface area contributed by atoms with Crippen molar-refractivity contribution in [2.45, 2.75) is 13.0 Å². The largest absolute Gasteiger partial charge is 0.324 e. The van der Waals surface area contributed by atoms with E-state index in [0.29, 0.717) is 23.7 Å². The van der Waals surface area contributed by atoms with Gasteiger partial charge in [-0.25, -0.2) is 4.39 Å². The second-order valence-electron chi connectivity index (χ2n) is 5.24. The van der Waals surface area contributed by atoms with Gasteiger partial charge in [0.15, 0.2) is 0 Å². The van der Waals surface area contributed by atoms with Crippen LogP contribution in [0.5, 0.6) is 0 Å². The van der Waals surface area contributed by atoms with E-state index in [2.05, 4.69) is 0 Å². The summed E-state index contributed by atoms with van der Waals surface area (Å²) in [6.07, 6.45) is 0. The second-order valence-corrected chi connectivity index (χ2v) is 6.60. The third kappa shape index (κ3) is 2.96. The summed E-state index contributed by atoms with van der Waals surface area (Å²) in [5.41, 5.74) is 0.538. The Labute approximate surface area is 142 Å². The van der Waals surface area contributed by atoms with Gasteiger partial charge in [0, 0.05) is 18.8 Å². The molecule has 1 atom stereocenters. The Morgan fingerprint density at radius 3 is 2.78 bits per heavy atom. The highest BCUT2D eigenvalue weighted by Crippen LogP contribution is 2.26. The second kappa shape index (κ2) is 6.29. The monoisotopic (exact) mass is 352 g/mol. The van der Waals surface area contributed by atoms with Crippen LogP contribution >= 0.6 is 22.9 Å². The predicted octanol–water partition coefficient (Wildman–Crippen LogP) is 3.42. The number of carbonyl (C=O) groups is 2. The minimum atomic E-state index is -0.581. The van der Waals surface area contributed by atoms with Crippen LogP contribution in [0.2, 0.25) is 5.02 Å². The molecule has 23 heavy (non-hydrogen) atoms. The van der Waals surface area contributed by atoms with Gasteiger partial charge in [0.2, 0.25) is 5.91 Å². The van der Waals surface area contributed by atoms with E-state index in [1.165, 1.54) is 34.4 Å². The van der Waals surface area contributed by atoms with Crippen molar-refractivity contribution in [3.05, 3.63) is 51.4 Å². The maximum Gasteiger partial charge on any atom is 0.264 e. The number of halogens is 2. The average Bonchev–Trinajstić information content (AvgIpc) is 3.06. The number of thiophene rings is 1. The number of nitrogens with zero attached hydrogens (tertiary/aromatic N) is 2. The maximum atomic E-state index is 13.3. The summed E-state index contributed by atoms with van der Waals surface area (Å²) in [7, 11) is 0. The van der Waals surface area contributed by atoms with Crippen LogP contribution in [0, 0.1) is 5.82 Å². The van der Waals surface area contributed by atoms with Gasteiger partial charge in [0.05, 0.1) is 9.90 Å². The van der Waals surface area contributed by atoms with Gasteiger partial charge in [0.25, 0.3) is 5.91 Å². The van der Waals surface area contributed by atoms with Gasteiger partial charge in [-0.05, 0) is 36.6 Å². The highest BCUT2D eigenvalue weighted by atomic mass is 35.5. The van der Waals surface area contributed by atoms with E-state index in [1.54, 1.807) is 24.0 Å². The number of piperazine rings is 1. The van der Waals surface area contributed by atoms with E-state index < -0.39 is 11.9 Å². The van der Waals surface area contributed by atoms with Crippen molar-refractivity contribution in [1.82, 2.24) is 4.90 Å². The summed E-state index contributed by atoms with van der Waals surface area (Å²) in [5.74, 6) is -0.871. The molecule has 0 bridgehead atoms. The van der Waals surface area contributed by atoms with Gasteiger partial charge in [-0.3, -0.25) is 9.59 Å². The number of carbonyl (C=O) groups excluding carboxylic acids is 2. The van der Waals surface area contributed by atoms with Crippen molar-refractivity contribution in [2.24, 2.45) is 0 Å². The Kier molecular flexibility index (Phi) is 4.37. The molecule has 1 aliphatic heterocycles. The van der Waals surface area contributed by atoms with Gasteiger partial charge in [-0.1, -0.05) is 17.7 Å². The van der Waals surface area contributed by atoms with Crippen LogP contribution in [0.1, 0.15) is 16.6 Å². The Hall–Kier alpha value is -1.92. The number of hydrogen-bond donors (Lipinski definition) is 0. The lowest BCUT2D eigenvalue weighted by molar-refractivity contribution is -0.124. The molecule has 1 aliphatic rings. The molecule has 4 nitrogen and oxygen atoms in total. The van der Waals surface area contributed by atoms with Crippen molar-refractivity contribution in [2.75, 3.05) is 18.0 Å². The van der Waals surface area contributed by atoms with Crippen LogP contribution in [0.3, 0.4) is 0 Å². The number of anilines is 1. The van der Waals surface area contributed by atoms with Crippen LogP contribution in [0.4, 0.5) is 10.1 Å². The fourth-order valence-corrected chi connectivity index (χ4v) is 3.45. The topological polar surface area (TPSA) is 40.6 Å². The van der Waals surface area contributed by atoms with Gasteiger partial charge in [0.1, 0.15) is 11.9 Å². The molecule has 0 radical (unpaired) electrons. The van der Waals surface area contributed by atoms with Crippen LogP contribution < -0.4 is 4.90 Å². The number of hydrogen-bond acceptors (Lipinski definition) is 3. The number of rotatable bonds is 2. The molecule has 120 valence electrons. The average molecular weight is 353 g/mol. The lowest BCUT2D eigenvalue weighted by Gasteiger charge is -2.39. The van der Waals surface area contributed by atoms with Gasteiger partial charge < -0.3 is 9.80 Å². The molecule has 2 amide bonds. The van der Waals surface area contributed by atoms with Crippen molar-refractivity contribution < 1.29 is 14.0 Å². The maximum absolute atomic E-state index is 13.3. The van der Waals surface area contributed by atoms with Crippen LogP contribution in [-0.4, -0.2) is 35.8 Å². The first kappa shape index (κ1) is 16.0. The number of amides is 2. The molecule has 2 aromatic rings. The first-order chi connectivity index (χ1) is 11.0. The van der Waals surface area contributed by atoms with Crippen molar-refractivity contribution in [1.29, 1.82) is 0 Å². The predicted molar refractivity (Wildman–Crippen MR) is 88.6 cm³/mol. The first-order valence-electron chi connectivity index (χ1n) is 7.10. The van der Waals surface area contributed by atoms with Crippen LogP contribution in [0.25, 0.3) is 0 Å². The molecule has 0 spiro atoms. The Morgan fingerprint density at radius 1 is 1.35 bits per heavy atom.